The van der Waals surface area contributed by atoms with Crippen molar-refractivity contribution < 1.29 is 0 Å². The van der Waals surface area contributed by atoms with Gasteiger partial charge in [0.1, 0.15) is 0 Å². The summed E-state index contributed by atoms with van der Waals surface area (Å²) in [6.07, 6.45) is 4.22. The van der Waals surface area contributed by atoms with Crippen LogP contribution in [0.15, 0.2) is 48.5 Å². The van der Waals surface area contributed by atoms with E-state index in [1.165, 1.54) is 11.1 Å². The summed E-state index contributed by atoms with van der Waals surface area (Å²) < 4.78 is 0. The fourth-order valence-corrected chi connectivity index (χ4v) is 1.57. The monoisotopic (exact) mass is 209 g/mol. The largest absolute Gasteiger partial charge is 0.399 e. The molecule has 0 saturated heterocycles. The van der Waals surface area contributed by atoms with Gasteiger partial charge in [-0.1, -0.05) is 48.6 Å². The Morgan fingerprint density at radius 3 is 2.25 bits per heavy atom. The number of benzene rings is 2. The number of anilines is 1. The van der Waals surface area contributed by atoms with Crippen LogP contribution in [0.2, 0.25) is 0 Å². The second-order valence-corrected chi connectivity index (χ2v) is 3.86. The first kappa shape index (κ1) is 10.5. The van der Waals surface area contributed by atoms with Gasteiger partial charge < -0.3 is 5.73 Å². The predicted octanol–water partition coefficient (Wildman–Crippen LogP) is 3.75. The van der Waals surface area contributed by atoms with Crippen molar-refractivity contribution in [3.63, 3.8) is 0 Å². The zero-order valence-electron chi connectivity index (χ0n) is 9.35. The Kier molecular flexibility index (Phi) is 3.06. The molecule has 1 nitrogen and oxygen atoms in total. The Bertz CT molecular complexity index is 495. The summed E-state index contributed by atoms with van der Waals surface area (Å²) in [4.78, 5) is 0. The molecule has 0 heterocycles. The van der Waals surface area contributed by atoms with Crippen LogP contribution in [0.5, 0.6) is 0 Å². The molecule has 0 amide bonds. The van der Waals surface area contributed by atoms with Crippen LogP contribution in [0.25, 0.3) is 12.2 Å². The maximum atomic E-state index is 5.63. The van der Waals surface area contributed by atoms with Gasteiger partial charge in [-0.3, -0.25) is 0 Å². The van der Waals surface area contributed by atoms with Gasteiger partial charge in [-0.25, -0.2) is 0 Å². The first-order valence-electron chi connectivity index (χ1n) is 5.35. The zero-order chi connectivity index (χ0) is 11.4. The molecule has 1 heteroatoms. The van der Waals surface area contributed by atoms with Crippen LogP contribution in [0.4, 0.5) is 5.69 Å². The highest BCUT2D eigenvalue weighted by Gasteiger charge is 1.91. The van der Waals surface area contributed by atoms with E-state index in [4.69, 9.17) is 5.73 Å². The molecule has 0 saturated carbocycles. The van der Waals surface area contributed by atoms with Gasteiger partial charge in [0, 0.05) is 5.69 Å². The molecule has 0 aliphatic carbocycles. The second-order valence-electron chi connectivity index (χ2n) is 3.86. The van der Waals surface area contributed by atoms with E-state index >= 15 is 0 Å². The van der Waals surface area contributed by atoms with Gasteiger partial charge in [-0.2, -0.15) is 0 Å². The van der Waals surface area contributed by atoms with E-state index in [-0.39, 0.29) is 0 Å². The Morgan fingerprint density at radius 1 is 0.875 bits per heavy atom. The summed E-state index contributed by atoms with van der Waals surface area (Å²) in [6.45, 7) is 2.11. The average molecular weight is 209 g/mol. The van der Waals surface area contributed by atoms with Crippen molar-refractivity contribution in [1.82, 2.24) is 0 Å². The van der Waals surface area contributed by atoms with Gasteiger partial charge in [0.2, 0.25) is 0 Å². The fraction of sp³-hybridized carbons (Fsp3) is 0.0667. The summed E-state index contributed by atoms with van der Waals surface area (Å²) in [6, 6.07) is 16.2. The Balaban J connectivity index is 2.21. The maximum absolute atomic E-state index is 5.63. The lowest BCUT2D eigenvalue weighted by atomic mass is 10.1. The van der Waals surface area contributed by atoms with E-state index < -0.39 is 0 Å². The smallest absolute Gasteiger partial charge is 0.0314 e. The molecule has 2 aromatic rings. The summed E-state index contributed by atoms with van der Waals surface area (Å²) in [5, 5.41) is 0. The highest BCUT2D eigenvalue weighted by molar-refractivity contribution is 5.71. The zero-order valence-corrected chi connectivity index (χ0v) is 9.35. The van der Waals surface area contributed by atoms with Crippen LogP contribution >= 0.6 is 0 Å². The molecule has 2 aromatic carbocycles. The molecule has 0 fully saturated rings. The number of hydrogen-bond acceptors (Lipinski definition) is 1. The van der Waals surface area contributed by atoms with Gasteiger partial charge in [-0.05, 0) is 35.7 Å². The van der Waals surface area contributed by atoms with Crippen LogP contribution in [0.1, 0.15) is 16.7 Å². The molecule has 2 rings (SSSR count). The Hall–Kier alpha value is -2.02. The lowest BCUT2D eigenvalue weighted by Crippen LogP contribution is -1.83. The van der Waals surface area contributed by atoms with E-state index in [1.807, 2.05) is 24.3 Å². The van der Waals surface area contributed by atoms with Crippen molar-refractivity contribution in [3.05, 3.63) is 65.2 Å². The first-order chi connectivity index (χ1) is 7.75. The first-order valence-corrected chi connectivity index (χ1v) is 5.35. The molecule has 16 heavy (non-hydrogen) atoms. The van der Waals surface area contributed by atoms with Gasteiger partial charge in [0.05, 0.1) is 0 Å². The summed E-state index contributed by atoms with van der Waals surface area (Å²) in [5.74, 6) is 0. The van der Waals surface area contributed by atoms with Gasteiger partial charge in [-0.15, -0.1) is 0 Å². The molecular formula is C15H15N. The van der Waals surface area contributed by atoms with Crippen LogP contribution in [0, 0.1) is 6.92 Å². The molecular weight excluding hydrogens is 194 g/mol. The van der Waals surface area contributed by atoms with E-state index in [9.17, 15) is 0 Å². The molecule has 0 radical (unpaired) electrons. The normalized spacial score (nSPS) is 10.8. The van der Waals surface area contributed by atoms with Crippen molar-refractivity contribution in [2.75, 3.05) is 5.73 Å². The Morgan fingerprint density at radius 2 is 1.56 bits per heavy atom. The quantitative estimate of drug-likeness (QED) is 0.591. The maximum Gasteiger partial charge on any atom is 0.0314 e. The third-order valence-electron chi connectivity index (χ3n) is 2.58. The van der Waals surface area contributed by atoms with E-state index in [0.717, 1.165) is 11.3 Å². The molecule has 0 aliphatic rings. The molecule has 0 unspecified atom stereocenters. The van der Waals surface area contributed by atoms with Crippen LogP contribution in [0.3, 0.4) is 0 Å². The lowest BCUT2D eigenvalue weighted by Gasteiger charge is -1.99. The van der Waals surface area contributed by atoms with E-state index in [1.54, 1.807) is 0 Å². The van der Waals surface area contributed by atoms with Gasteiger partial charge in [0.15, 0.2) is 0 Å². The summed E-state index contributed by atoms with van der Waals surface area (Å²) in [7, 11) is 0. The molecule has 0 spiro atoms. The highest BCUT2D eigenvalue weighted by atomic mass is 14.5. The summed E-state index contributed by atoms with van der Waals surface area (Å²) in [5.41, 5.74) is 10.1. The molecule has 0 aromatic heterocycles. The van der Waals surface area contributed by atoms with Crippen molar-refractivity contribution >= 4 is 17.8 Å². The molecule has 2 N–H and O–H groups in total. The number of nitrogen functional groups attached to an aromatic ring is 1. The van der Waals surface area contributed by atoms with Crippen molar-refractivity contribution in [2.24, 2.45) is 0 Å². The van der Waals surface area contributed by atoms with Crippen molar-refractivity contribution in [3.8, 4) is 0 Å². The van der Waals surface area contributed by atoms with Crippen LogP contribution < -0.4 is 5.73 Å². The Labute approximate surface area is 96.2 Å². The summed E-state index contributed by atoms with van der Waals surface area (Å²) >= 11 is 0. The number of hydrogen-bond donors (Lipinski definition) is 1. The topological polar surface area (TPSA) is 26.0 Å². The third kappa shape index (κ3) is 2.51. The number of nitrogens with two attached hydrogens (primary N) is 1. The van der Waals surface area contributed by atoms with Crippen LogP contribution in [-0.4, -0.2) is 0 Å². The average Bonchev–Trinajstić information content (AvgIpc) is 2.30. The van der Waals surface area contributed by atoms with E-state index in [0.29, 0.717) is 0 Å². The van der Waals surface area contributed by atoms with Crippen molar-refractivity contribution in [2.45, 2.75) is 6.92 Å². The van der Waals surface area contributed by atoms with Crippen LogP contribution in [-0.2, 0) is 0 Å². The fourth-order valence-electron chi connectivity index (χ4n) is 1.57. The van der Waals surface area contributed by atoms with Gasteiger partial charge >= 0.3 is 0 Å². The molecule has 80 valence electrons. The minimum atomic E-state index is 0.799. The highest BCUT2D eigenvalue weighted by Crippen LogP contribution is 2.13. The standard InChI is InChI=1S/C15H15N/c1-12-4-2-3-5-14(12)9-6-13-7-10-15(16)11-8-13/h2-11H,16H2,1H3/b9-6-. The minimum absolute atomic E-state index is 0.799. The lowest BCUT2D eigenvalue weighted by molar-refractivity contribution is 1.45. The second kappa shape index (κ2) is 4.67. The number of aryl methyl sites for hydroxylation is 1. The predicted molar refractivity (Wildman–Crippen MR) is 71.0 cm³/mol. The van der Waals surface area contributed by atoms with E-state index in [2.05, 4.69) is 43.3 Å². The van der Waals surface area contributed by atoms with Crippen molar-refractivity contribution in [1.29, 1.82) is 0 Å². The molecule has 0 atom stereocenters. The minimum Gasteiger partial charge on any atom is -0.399 e. The SMILES string of the molecule is Cc1ccccc1/C=C\c1ccc(N)cc1. The third-order valence-corrected chi connectivity index (χ3v) is 2.58. The molecule has 0 bridgehead atoms. The van der Waals surface area contributed by atoms with Gasteiger partial charge in [0.25, 0.3) is 0 Å². The molecule has 0 aliphatic heterocycles. The number of rotatable bonds is 2.